The van der Waals surface area contributed by atoms with Crippen LogP contribution in [0.25, 0.3) is 0 Å². The Kier molecular flexibility index (Phi) is 6.84. The molecule has 1 fully saturated rings. The van der Waals surface area contributed by atoms with Crippen molar-refractivity contribution >= 4 is 50.8 Å². The van der Waals surface area contributed by atoms with E-state index >= 15 is 0 Å². The number of amides is 1. The Balaban J connectivity index is 1.83. The number of nitrogens with one attached hydrogen (secondary N) is 1. The molecule has 2 aromatic rings. The van der Waals surface area contributed by atoms with Gasteiger partial charge >= 0.3 is 10.1 Å². The van der Waals surface area contributed by atoms with E-state index in [9.17, 15) is 13.2 Å². The standard InChI is InChI=1S/C20H20ClN3O4S2/c1-12(2)18-19(25)23-20(29-18)24-22-11-14-6-4-5-13(3)17(14)28-30(26,27)16-9-7-15(21)8-10-16/h4-12,18H,1-3H3,(H,23,24,25)/b22-11-/t18-/m1/s1. The fourth-order valence-electron chi connectivity index (χ4n) is 2.66. The van der Waals surface area contributed by atoms with E-state index in [4.69, 9.17) is 15.8 Å². The van der Waals surface area contributed by atoms with Crippen molar-refractivity contribution in [2.45, 2.75) is 30.9 Å². The van der Waals surface area contributed by atoms with Gasteiger partial charge in [0.25, 0.3) is 0 Å². The van der Waals surface area contributed by atoms with E-state index in [1.54, 1.807) is 25.1 Å². The maximum Gasteiger partial charge on any atom is 0.339 e. The van der Waals surface area contributed by atoms with Gasteiger partial charge in [-0.25, -0.2) is 0 Å². The van der Waals surface area contributed by atoms with Crippen LogP contribution in [0, 0.1) is 12.8 Å². The SMILES string of the molecule is Cc1cccc(/C=N\N=C2\NC(=O)[C@@H](C(C)C)S2)c1OS(=O)(=O)c1ccc(Cl)cc1. The van der Waals surface area contributed by atoms with Gasteiger partial charge in [0.15, 0.2) is 10.9 Å². The van der Waals surface area contributed by atoms with Crippen LogP contribution in [0.1, 0.15) is 25.0 Å². The fraction of sp³-hybridized carbons (Fsp3) is 0.250. The average Bonchev–Trinajstić information content (AvgIpc) is 3.05. The third-order valence-electron chi connectivity index (χ3n) is 4.22. The Morgan fingerprint density at radius 3 is 2.53 bits per heavy atom. The third kappa shape index (κ3) is 5.21. The molecule has 3 rings (SSSR count). The first-order valence-electron chi connectivity index (χ1n) is 9.05. The van der Waals surface area contributed by atoms with E-state index in [-0.39, 0.29) is 27.7 Å². The van der Waals surface area contributed by atoms with Gasteiger partial charge in [-0.3, -0.25) is 4.79 Å². The summed E-state index contributed by atoms with van der Waals surface area (Å²) in [7, 11) is -4.06. The number of aryl methyl sites for hydroxylation is 1. The molecule has 1 heterocycles. The van der Waals surface area contributed by atoms with Gasteiger partial charge in [0.1, 0.15) is 4.90 Å². The van der Waals surface area contributed by atoms with Crippen LogP contribution in [-0.2, 0) is 14.9 Å². The molecule has 1 aliphatic heterocycles. The third-order valence-corrected chi connectivity index (χ3v) is 7.12. The van der Waals surface area contributed by atoms with E-state index < -0.39 is 10.1 Å². The minimum atomic E-state index is -4.06. The molecule has 1 atom stereocenters. The fourth-order valence-corrected chi connectivity index (χ4v) is 4.73. The molecule has 1 amide bonds. The van der Waals surface area contributed by atoms with E-state index in [1.807, 2.05) is 13.8 Å². The lowest BCUT2D eigenvalue weighted by Gasteiger charge is -2.11. The molecule has 7 nitrogen and oxygen atoms in total. The zero-order valence-corrected chi connectivity index (χ0v) is 18.9. The number of rotatable bonds is 6. The van der Waals surface area contributed by atoms with Crippen molar-refractivity contribution in [3.63, 3.8) is 0 Å². The number of para-hydroxylation sites is 1. The highest BCUT2D eigenvalue weighted by Crippen LogP contribution is 2.28. The highest BCUT2D eigenvalue weighted by atomic mass is 35.5. The molecule has 30 heavy (non-hydrogen) atoms. The predicted molar refractivity (Wildman–Crippen MR) is 120 cm³/mol. The zero-order chi connectivity index (χ0) is 21.9. The van der Waals surface area contributed by atoms with Crippen LogP contribution in [0.3, 0.4) is 0 Å². The van der Waals surface area contributed by atoms with Crippen LogP contribution in [0.5, 0.6) is 5.75 Å². The number of carbonyl (C=O) groups excluding carboxylic acids is 1. The minimum Gasteiger partial charge on any atom is -0.378 e. The predicted octanol–water partition coefficient (Wildman–Crippen LogP) is 3.99. The molecular weight excluding hydrogens is 446 g/mol. The Morgan fingerprint density at radius 1 is 1.20 bits per heavy atom. The lowest BCUT2D eigenvalue weighted by Crippen LogP contribution is -2.27. The quantitative estimate of drug-likeness (QED) is 0.395. The van der Waals surface area contributed by atoms with Gasteiger partial charge in [-0.05, 0) is 48.7 Å². The molecule has 2 aromatic carbocycles. The number of hydrogen-bond acceptors (Lipinski definition) is 7. The Labute approximate surface area is 184 Å². The summed E-state index contributed by atoms with van der Waals surface area (Å²) in [4.78, 5) is 11.9. The van der Waals surface area contributed by atoms with Crippen LogP contribution >= 0.6 is 23.4 Å². The van der Waals surface area contributed by atoms with E-state index in [1.165, 1.54) is 42.2 Å². The normalized spacial score (nSPS) is 18.4. The van der Waals surface area contributed by atoms with Crippen molar-refractivity contribution in [1.82, 2.24) is 5.32 Å². The zero-order valence-electron chi connectivity index (χ0n) is 16.5. The Bertz CT molecular complexity index is 1110. The summed E-state index contributed by atoms with van der Waals surface area (Å²) in [5, 5.41) is 11.3. The van der Waals surface area contributed by atoms with Crippen molar-refractivity contribution in [3.05, 3.63) is 58.6 Å². The second kappa shape index (κ2) is 9.20. The van der Waals surface area contributed by atoms with Gasteiger partial charge < -0.3 is 9.50 Å². The van der Waals surface area contributed by atoms with Crippen LogP contribution < -0.4 is 9.50 Å². The molecule has 10 heteroatoms. The smallest absolute Gasteiger partial charge is 0.339 e. The second-order valence-electron chi connectivity index (χ2n) is 6.91. The maximum absolute atomic E-state index is 12.6. The molecule has 0 unspecified atom stereocenters. The maximum atomic E-state index is 12.6. The van der Waals surface area contributed by atoms with Crippen molar-refractivity contribution < 1.29 is 17.4 Å². The van der Waals surface area contributed by atoms with Crippen LogP contribution in [0.15, 0.2) is 57.6 Å². The summed E-state index contributed by atoms with van der Waals surface area (Å²) in [6.45, 7) is 5.65. The summed E-state index contributed by atoms with van der Waals surface area (Å²) >= 11 is 7.14. The number of thioether (sulfide) groups is 1. The first-order chi connectivity index (χ1) is 14.2. The van der Waals surface area contributed by atoms with Crippen molar-refractivity contribution in [3.8, 4) is 5.75 Å². The molecule has 0 aliphatic carbocycles. The lowest BCUT2D eigenvalue weighted by atomic mass is 10.1. The van der Waals surface area contributed by atoms with Gasteiger partial charge in [-0.1, -0.05) is 49.3 Å². The molecule has 1 N–H and O–H groups in total. The van der Waals surface area contributed by atoms with Gasteiger partial charge in [0.2, 0.25) is 5.91 Å². The van der Waals surface area contributed by atoms with Crippen LogP contribution in [0.4, 0.5) is 0 Å². The topological polar surface area (TPSA) is 97.2 Å². The lowest BCUT2D eigenvalue weighted by molar-refractivity contribution is -0.119. The monoisotopic (exact) mass is 465 g/mol. The largest absolute Gasteiger partial charge is 0.378 e. The first kappa shape index (κ1) is 22.3. The van der Waals surface area contributed by atoms with E-state index in [0.29, 0.717) is 21.3 Å². The molecule has 158 valence electrons. The summed E-state index contributed by atoms with van der Waals surface area (Å²) < 4.78 is 30.7. The highest BCUT2D eigenvalue weighted by Gasteiger charge is 2.32. The number of amidine groups is 1. The first-order valence-corrected chi connectivity index (χ1v) is 11.7. The second-order valence-corrected chi connectivity index (χ2v) is 10.0. The van der Waals surface area contributed by atoms with Gasteiger partial charge in [0, 0.05) is 10.6 Å². The summed E-state index contributed by atoms with van der Waals surface area (Å²) in [5.41, 5.74) is 1.05. The number of halogens is 1. The Morgan fingerprint density at radius 2 is 1.90 bits per heavy atom. The van der Waals surface area contributed by atoms with Gasteiger partial charge in [-0.15, -0.1) is 5.10 Å². The van der Waals surface area contributed by atoms with E-state index in [0.717, 1.165) is 0 Å². The number of nitrogens with zero attached hydrogens (tertiary/aromatic N) is 2. The summed E-state index contributed by atoms with van der Waals surface area (Å²) in [6, 6.07) is 10.9. The van der Waals surface area contributed by atoms with Crippen molar-refractivity contribution in [2.24, 2.45) is 16.1 Å². The number of carbonyl (C=O) groups is 1. The molecular formula is C20H20ClN3O4S2. The Hall–Kier alpha value is -2.36. The average molecular weight is 466 g/mol. The molecule has 0 spiro atoms. The molecule has 1 saturated heterocycles. The van der Waals surface area contributed by atoms with Gasteiger partial charge in [-0.2, -0.15) is 13.5 Å². The number of hydrogen-bond donors (Lipinski definition) is 1. The summed E-state index contributed by atoms with van der Waals surface area (Å²) in [6.07, 6.45) is 1.39. The molecule has 0 radical (unpaired) electrons. The molecule has 0 saturated carbocycles. The van der Waals surface area contributed by atoms with Gasteiger partial charge in [0.05, 0.1) is 11.5 Å². The minimum absolute atomic E-state index is 0.0110. The number of benzene rings is 2. The van der Waals surface area contributed by atoms with E-state index in [2.05, 4.69) is 15.5 Å². The molecule has 0 bridgehead atoms. The van der Waals surface area contributed by atoms with Crippen molar-refractivity contribution in [1.29, 1.82) is 0 Å². The van der Waals surface area contributed by atoms with Crippen molar-refractivity contribution in [2.75, 3.05) is 0 Å². The molecule has 0 aromatic heterocycles. The van der Waals surface area contributed by atoms with Crippen LogP contribution in [-0.4, -0.2) is 31.0 Å². The van der Waals surface area contributed by atoms with Crippen LogP contribution in [0.2, 0.25) is 5.02 Å². The summed E-state index contributed by atoms with van der Waals surface area (Å²) in [5.74, 6) is 0.221. The molecule has 1 aliphatic rings. The highest BCUT2D eigenvalue weighted by molar-refractivity contribution is 8.15.